The summed E-state index contributed by atoms with van der Waals surface area (Å²) in [6.07, 6.45) is 2.21. The lowest BCUT2D eigenvalue weighted by Gasteiger charge is -2.24. The maximum Gasteiger partial charge on any atom is 0.307 e. The number of carboxylic acids is 1. The zero-order valence-electron chi connectivity index (χ0n) is 20.8. The van der Waals surface area contributed by atoms with Crippen molar-refractivity contribution in [3.63, 3.8) is 0 Å². The van der Waals surface area contributed by atoms with Crippen LogP contribution in [-0.2, 0) is 22.5 Å². The molecule has 2 atom stereocenters. The van der Waals surface area contributed by atoms with Gasteiger partial charge in [-0.25, -0.2) is 4.39 Å². The van der Waals surface area contributed by atoms with Crippen LogP contribution in [0, 0.1) is 5.82 Å². The van der Waals surface area contributed by atoms with Gasteiger partial charge in [0.2, 0.25) is 0 Å². The number of rotatable bonds is 10. The summed E-state index contributed by atoms with van der Waals surface area (Å²) in [5, 5.41) is 12.8. The molecule has 4 rings (SSSR count). The molecule has 1 aliphatic heterocycles. The average molecular weight is 492 g/mol. The van der Waals surface area contributed by atoms with E-state index in [1.807, 2.05) is 55.6 Å². The molecular weight excluding hydrogens is 457 g/mol. The zero-order valence-corrected chi connectivity index (χ0v) is 20.8. The van der Waals surface area contributed by atoms with Crippen LogP contribution in [-0.4, -0.2) is 37.4 Å². The van der Waals surface area contributed by atoms with Crippen LogP contribution < -0.4 is 16.0 Å². The van der Waals surface area contributed by atoms with E-state index >= 15 is 4.39 Å². The van der Waals surface area contributed by atoms with Gasteiger partial charge in [-0.3, -0.25) is 4.79 Å². The molecule has 190 valence electrons. The van der Waals surface area contributed by atoms with Gasteiger partial charge in [0.25, 0.3) is 0 Å². The third-order valence-electron chi connectivity index (χ3n) is 6.61. The number of carboxylic acid groups (broad SMARTS) is 1. The van der Waals surface area contributed by atoms with Gasteiger partial charge in [0.1, 0.15) is 5.82 Å². The van der Waals surface area contributed by atoms with E-state index in [1.54, 1.807) is 19.1 Å². The van der Waals surface area contributed by atoms with E-state index < -0.39 is 12.0 Å². The van der Waals surface area contributed by atoms with Crippen molar-refractivity contribution in [3.05, 3.63) is 83.2 Å². The third kappa shape index (κ3) is 6.22. The van der Waals surface area contributed by atoms with Crippen LogP contribution in [0.1, 0.15) is 42.5 Å². The van der Waals surface area contributed by atoms with Gasteiger partial charge in [-0.2, -0.15) is 0 Å². The highest BCUT2D eigenvalue weighted by atomic mass is 19.1. The van der Waals surface area contributed by atoms with Gasteiger partial charge in [-0.1, -0.05) is 42.5 Å². The number of ether oxygens (including phenoxy) is 1. The van der Waals surface area contributed by atoms with Crippen LogP contribution in [0.25, 0.3) is 11.1 Å². The fourth-order valence-electron chi connectivity index (χ4n) is 4.64. The highest BCUT2D eigenvalue weighted by Gasteiger charge is 2.18. The number of hydrogen-bond acceptors (Lipinski definition) is 5. The molecule has 1 fully saturated rings. The molecule has 36 heavy (non-hydrogen) atoms. The maximum absolute atomic E-state index is 15.4. The van der Waals surface area contributed by atoms with E-state index in [-0.39, 0.29) is 18.3 Å². The number of nitrogens with zero attached hydrogens (tertiary/aromatic N) is 1. The monoisotopic (exact) mass is 491 g/mol. The van der Waals surface area contributed by atoms with Gasteiger partial charge in [-0.15, -0.1) is 0 Å². The Morgan fingerprint density at radius 1 is 1.19 bits per heavy atom. The fraction of sp³-hybridized carbons (Fsp3) is 0.345. The van der Waals surface area contributed by atoms with Gasteiger partial charge < -0.3 is 25.8 Å². The highest BCUT2D eigenvalue weighted by Crippen LogP contribution is 2.33. The molecule has 1 aliphatic rings. The lowest BCUT2D eigenvalue weighted by atomic mass is 9.98. The van der Waals surface area contributed by atoms with Crippen molar-refractivity contribution in [2.75, 3.05) is 30.4 Å². The second kappa shape index (κ2) is 11.5. The maximum atomic E-state index is 15.4. The molecule has 6 nitrogen and oxygen atoms in total. The summed E-state index contributed by atoms with van der Waals surface area (Å²) in [6.45, 7) is 3.75. The minimum atomic E-state index is -0.864. The largest absolute Gasteiger partial charge is 0.481 e. The van der Waals surface area contributed by atoms with Gasteiger partial charge in [0, 0.05) is 55.3 Å². The number of nitrogens with one attached hydrogen (secondary N) is 1. The lowest BCUT2D eigenvalue weighted by molar-refractivity contribution is -0.136. The Hall–Kier alpha value is -3.42. The summed E-state index contributed by atoms with van der Waals surface area (Å²) in [5.74, 6) is -1.18. The van der Waals surface area contributed by atoms with E-state index in [1.165, 1.54) is 0 Å². The first-order valence-electron chi connectivity index (χ1n) is 12.4. The summed E-state index contributed by atoms with van der Waals surface area (Å²) in [7, 11) is 1.95. The van der Waals surface area contributed by atoms with Crippen molar-refractivity contribution in [1.82, 2.24) is 0 Å². The Balaban J connectivity index is 1.68. The second-order valence-electron chi connectivity index (χ2n) is 9.48. The summed E-state index contributed by atoms with van der Waals surface area (Å²) in [6, 6.07) is 18.4. The molecule has 4 N–H and O–H groups in total. The number of anilines is 2. The molecule has 0 amide bonds. The first-order chi connectivity index (χ1) is 17.3. The molecule has 0 spiro atoms. The van der Waals surface area contributed by atoms with E-state index in [0.29, 0.717) is 24.2 Å². The summed E-state index contributed by atoms with van der Waals surface area (Å²) < 4.78 is 21.2. The van der Waals surface area contributed by atoms with Crippen molar-refractivity contribution < 1.29 is 19.0 Å². The van der Waals surface area contributed by atoms with Crippen LogP contribution in [0.2, 0.25) is 0 Å². The van der Waals surface area contributed by atoms with Crippen molar-refractivity contribution >= 4 is 17.3 Å². The number of nitrogens with two attached hydrogens (primary N) is 1. The Kier molecular flexibility index (Phi) is 8.23. The molecule has 0 aliphatic carbocycles. The SMILES string of the molecule is CC(N)c1cccc(-c2cc(NCC3CCCO3)cc(N(C)Cc3ccccc3CC(=O)O)c2)c1F. The Morgan fingerprint density at radius 2 is 1.97 bits per heavy atom. The predicted octanol–water partition coefficient (Wildman–Crippen LogP) is 5.37. The van der Waals surface area contributed by atoms with Crippen molar-refractivity contribution in [2.45, 2.75) is 44.9 Å². The number of carbonyl (C=O) groups is 1. The van der Waals surface area contributed by atoms with Crippen LogP contribution >= 0.6 is 0 Å². The number of hydrogen-bond donors (Lipinski definition) is 3. The molecule has 0 bridgehead atoms. The fourth-order valence-corrected chi connectivity index (χ4v) is 4.64. The molecular formula is C29H34FN3O3. The number of halogens is 1. The molecule has 0 saturated carbocycles. The van der Waals surface area contributed by atoms with Crippen LogP contribution in [0.15, 0.2) is 60.7 Å². The van der Waals surface area contributed by atoms with Crippen LogP contribution in [0.5, 0.6) is 0 Å². The van der Waals surface area contributed by atoms with Crippen molar-refractivity contribution in [2.24, 2.45) is 5.73 Å². The normalized spacial score (nSPS) is 16.1. The first kappa shape index (κ1) is 25.7. The third-order valence-corrected chi connectivity index (χ3v) is 6.61. The Bertz CT molecular complexity index is 1210. The summed E-state index contributed by atoms with van der Waals surface area (Å²) in [5.41, 5.74) is 11.2. The van der Waals surface area contributed by atoms with E-state index in [4.69, 9.17) is 10.5 Å². The first-order valence-corrected chi connectivity index (χ1v) is 12.4. The molecule has 2 unspecified atom stereocenters. The van der Waals surface area contributed by atoms with E-state index in [9.17, 15) is 9.90 Å². The second-order valence-corrected chi connectivity index (χ2v) is 9.48. The molecule has 3 aromatic carbocycles. The number of aliphatic carboxylic acids is 1. The zero-order chi connectivity index (χ0) is 25.7. The Labute approximate surface area is 211 Å². The number of benzene rings is 3. The van der Waals surface area contributed by atoms with Gasteiger partial charge in [0.05, 0.1) is 12.5 Å². The summed E-state index contributed by atoms with van der Waals surface area (Å²) in [4.78, 5) is 13.4. The smallest absolute Gasteiger partial charge is 0.307 e. The standard InChI is InChI=1S/C29H34FN3O3/c1-19(31)26-10-5-11-27(29(26)30)22-13-23(32-17-25-9-6-12-36-25)16-24(14-22)33(2)18-21-8-4-3-7-20(21)15-28(34)35/h3-5,7-8,10-11,13-14,16,19,25,32H,6,9,12,15,17-18,31H2,1-2H3,(H,34,35). The average Bonchev–Trinajstić information content (AvgIpc) is 3.37. The Morgan fingerprint density at radius 3 is 2.67 bits per heavy atom. The molecule has 0 radical (unpaired) electrons. The molecule has 1 saturated heterocycles. The van der Waals surface area contributed by atoms with Crippen molar-refractivity contribution in [1.29, 1.82) is 0 Å². The predicted molar refractivity (Wildman–Crippen MR) is 142 cm³/mol. The van der Waals surface area contributed by atoms with Gasteiger partial charge in [-0.05, 0) is 54.7 Å². The minimum Gasteiger partial charge on any atom is -0.481 e. The lowest BCUT2D eigenvalue weighted by Crippen LogP contribution is -2.20. The molecule has 3 aromatic rings. The van der Waals surface area contributed by atoms with Crippen LogP contribution in [0.3, 0.4) is 0 Å². The minimum absolute atomic E-state index is 0.0342. The van der Waals surface area contributed by atoms with Crippen molar-refractivity contribution in [3.8, 4) is 11.1 Å². The molecule has 7 heteroatoms. The quantitative estimate of drug-likeness (QED) is 0.354. The van der Waals surface area contributed by atoms with Gasteiger partial charge in [0.15, 0.2) is 0 Å². The van der Waals surface area contributed by atoms with E-state index in [2.05, 4.69) is 10.2 Å². The molecule has 0 aromatic heterocycles. The van der Waals surface area contributed by atoms with Gasteiger partial charge >= 0.3 is 5.97 Å². The van der Waals surface area contributed by atoms with Crippen LogP contribution in [0.4, 0.5) is 15.8 Å². The summed E-state index contributed by atoms with van der Waals surface area (Å²) >= 11 is 0. The van der Waals surface area contributed by atoms with E-state index in [0.717, 1.165) is 47.5 Å². The highest BCUT2D eigenvalue weighted by molar-refractivity contribution is 5.75. The molecule has 1 heterocycles. The topological polar surface area (TPSA) is 87.8 Å².